The van der Waals surface area contributed by atoms with Gasteiger partial charge in [-0.05, 0) is 6.92 Å². The van der Waals surface area contributed by atoms with Gasteiger partial charge in [-0.25, -0.2) is 0 Å². The van der Waals surface area contributed by atoms with Crippen LogP contribution in [0.5, 0.6) is 0 Å². The summed E-state index contributed by atoms with van der Waals surface area (Å²) in [5, 5.41) is 9.09. The fourth-order valence-corrected chi connectivity index (χ4v) is 1.61. The normalized spacial score (nSPS) is 35.9. The molecule has 0 atom stereocenters. The van der Waals surface area contributed by atoms with Crippen molar-refractivity contribution in [3.8, 4) is 0 Å². The Labute approximate surface area is 84.2 Å². The smallest absolute Gasteiger partial charge is 0.417 e. The summed E-state index contributed by atoms with van der Waals surface area (Å²) in [5.41, 5.74) is 0.809. The maximum absolute atomic E-state index is 12.2. The summed E-state index contributed by atoms with van der Waals surface area (Å²) in [6.45, 7) is 1.57. The van der Waals surface area contributed by atoms with Gasteiger partial charge < -0.3 is 15.6 Å². The molecule has 0 bridgehead atoms. The van der Waals surface area contributed by atoms with E-state index in [0.29, 0.717) is 0 Å². The number of carbonyl (C=O) groups is 1. The highest BCUT2D eigenvalue weighted by Gasteiger charge is 2.69. The summed E-state index contributed by atoms with van der Waals surface area (Å²) in [6, 6.07) is 0. The van der Waals surface area contributed by atoms with Crippen LogP contribution >= 0.6 is 0 Å². The summed E-state index contributed by atoms with van der Waals surface area (Å²) in [7, 11) is 0. The molecule has 88 valence electrons. The molecule has 1 saturated carbocycles. The lowest BCUT2D eigenvalue weighted by molar-refractivity contribution is -0.301. The van der Waals surface area contributed by atoms with Crippen molar-refractivity contribution < 1.29 is 27.8 Å². The van der Waals surface area contributed by atoms with Crippen molar-refractivity contribution in [1.82, 2.24) is 0 Å². The second kappa shape index (κ2) is 3.34. The topological polar surface area (TPSA) is 72.5 Å². The zero-order valence-corrected chi connectivity index (χ0v) is 8.10. The SMILES string of the molecule is CCOC(=O)C1(N)CC(O)(C(F)(F)F)C1. The zero-order chi connectivity index (χ0) is 11.9. The minimum absolute atomic E-state index is 0.0439. The maximum atomic E-state index is 12.2. The lowest BCUT2D eigenvalue weighted by atomic mass is 9.65. The van der Waals surface area contributed by atoms with Crippen LogP contribution in [0.25, 0.3) is 0 Å². The lowest BCUT2D eigenvalue weighted by Gasteiger charge is -2.49. The largest absolute Gasteiger partial charge is 0.465 e. The summed E-state index contributed by atoms with van der Waals surface area (Å²) >= 11 is 0. The van der Waals surface area contributed by atoms with Crippen LogP contribution in [0, 0.1) is 0 Å². The molecule has 15 heavy (non-hydrogen) atoms. The van der Waals surface area contributed by atoms with E-state index in [2.05, 4.69) is 4.74 Å². The van der Waals surface area contributed by atoms with Crippen molar-refractivity contribution in [3.05, 3.63) is 0 Å². The molecule has 0 aromatic carbocycles. The first-order valence-corrected chi connectivity index (χ1v) is 4.40. The van der Waals surface area contributed by atoms with Gasteiger partial charge >= 0.3 is 12.1 Å². The Morgan fingerprint density at radius 1 is 1.53 bits per heavy atom. The minimum Gasteiger partial charge on any atom is -0.465 e. The maximum Gasteiger partial charge on any atom is 0.417 e. The number of nitrogens with two attached hydrogens (primary N) is 1. The Hall–Kier alpha value is -0.820. The van der Waals surface area contributed by atoms with Gasteiger partial charge in [0.05, 0.1) is 6.61 Å². The fraction of sp³-hybridized carbons (Fsp3) is 0.875. The highest BCUT2D eigenvalue weighted by molar-refractivity contribution is 5.82. The van der Waals surface area contributed by atoms with Gasteiger partial charge in [-0.2, -0.15) is 13.2 Å². The van der Waals surface area contributed by atoms with Crippen molar-refractivity contribution in [1.29, 1.82) is 0 Å². The third-order valence-corrected chi connectivity index (χ3v) is 2.43. The molecule has 4 nitrogen and oxygen atoms in total. The second-order valence-corrected chi connectivity index (χ2v) is 3.76. The van der Waals surface area contributed by atoms with Crippen molar-refractivity contribution in [2.75, 3.05) is 6.61 Å². The van der Waals surface area contributed by atoms with Crippen LogP contribution in [0.3, 0.4) is 0 Å². The first-order valence-electron chi connectivity index (χ1n) is 4.40. The molecule has 3 N–H and O–H groups in total. The molecule has 0 aliphatic heterocycles. The molecule has 0 amide bonds. The van der Waals surface area contributed by atoms with Crippen LogP contribution in [0.4, 0.5) is 13.2 Å². The van der Waals surface area contributed by atoms with Crippen LogP contribution in [0.2, 0.25) is 0 Å². The number of carbonyl (C=O) groups excluding carboxylic acids is 1. The molecule has 0 aromatic heterocycles. The highest BCUT2D eigenvalue weighted by Crippen LogP contribution is 2.49. The number of rotatable bonds is 2. The van der Waals surface area contributed by atoms with E-state index in [4.69, 9.17) is 10.8 Å². The van der Waals surface area contributed by atoms with Gasteiger partial charge in [-0.1, -0.05) is 0 Å². The summed E-state index contributed by atoms with van der Waals surface area (Å²) in [6.07, 6.45) is -6.45. The zero-order valence-electron chi connectivity index (χ0n) is 8.10. The van der Waals surface area contributed by atoms with Crippen LogP contribution < -0.4 is 5.73 Å². The highest BCUT2D eigenvalue weighted by atomic mass is 19.4. The molecule has 0 unspecified atom stereocenters. The number of ether oxygens (including phenoxy) is 1. The van der Waals surface area contributed by atoms with Gasteiger partial charge in [0.15, 0.2) is 5.60 Å². The second-order valence-electron chi connectivity index (χ2n) is 3.76. The number of hydrogen-bond acceptors (Lipinski definition) is 4. The van der Waals surface area contributed by atoms with Crippen LogP contribution in [-0.2, 0) is 9.53 Å². The number of aliphatic hydroxyl groups is 1. The Balaban J connectivity index is 2.65. The average Bonchev–Trinajstić information content (AvgIpc) is 1.99. The van der Waals surface area contributed by atoms with E-state index >= 15 is 0 Å². The quantitative estimate of drug-likeness (QED) is 0.667. The van der Waals surface area contributed by atoms with E-state index in [1.54, 1.807) is 0 Å². The van der Waals surface area contributed by atoms with Crippen molar-refractivity contribution in [2.24, 2.45) is 5.73 Å². The number of hydrogen-bond donors (Lipinski definition) is 2. The average molecular weight is 227 g/mol. The minimum atomic E-state index is -4.76. The van der Waals surface area contributed by atoms with Crippen LogP contribution in [0.15, 0.2) is 0 Å². The fourth-order valence-electron chi connectivity index (χ4n) is 1.61. The third kappa shape index (κ3) is 1.93. The Morgan fingerprint density at radius 3 is 2.33 bits per heavy atom. The predicted octanol–water partition coefficient (Wildman–Crippen LogP) is 0.334. The molecule has 0 heterocycles. The van der Waals surface area contributed by atoms with Gasteiger partial charge in [-0.15, -0.1) is 0 Å². The van der Waals surface area contributed by atoms with Crippen molar-refractivity contribution in [3.63, 3.8) is 0 Å². The monoisotopic (exact) mass is 227 g/mol. The molecule has 1 aliphatic carbocycles. The molecule has 0 spiro atoms. The Morgan fingerprint density at radius 2 is 2.00 bits per heavy atom. The molecule has 0 aromatic rings. The number of alkyl halides is 3. The van der Waals surface area contributed by atoms with Crippen molar-refractivity contribution >= 4 is 5.97 Å². The first-order chi connectivity index (χ1) is 6.65. The molecule has 7 heteroatoms. The number of esters is 1. The van der Waals surface area contributed by atoms with Crippen LogP contribution in [0.1, 0.15) is 19.8 Å². The van der Waals surface area contributed by atoms with Crippen LogP contribution in [-0.4, -0.2) is 35.0 Å². The van der Waals surface area contributed by atoms with Gasteiger partial charge in [-0.3, -0.25) is 4.79 Å². The van der Waals surface area contributed by atoms with E-state index in [0.717, 1.165) is 0 Å². The van der Waals surface area contributed by atoms with Gasteiger partial charge in [0.2, 0.25) is 0 Å². The molecule has 0 radical (unpaired) electrons. The predicted molar refractivity (Wildman–Crippen MR) is 43.8 cm³/mol. The Kier molecular flexibility index (Phi) is 2.73. The molecule has 1 fully saturated rings. The van der Waals surface area contributed by atoms with Gasteiger partial charge in [0, 0.05) is 12.8 Å². The van der Waals surface area contributed by atoms with Crippen molar-refractivity contribution in [2.45, 2.75) is 37.1 Å². The molecular formula is C8H12F3NO3. The molecule has 0 saturated heterocycles. The van der Waals surface area contributed by atoms with Gasteiger partial charge in [0.1, 0.15) is 5.54 Å². The molecule has 1 rings (SSSR count). The standard InChI is InChI=1S/C8H12F3NO3/c1-2-15-5(13)6(12)3-7(14,4-6)8(9,10)11/h14H,2-4,12H2,1H3. The third-order valence-electron chi connectivity index (χ3n) is 2.43. The Bertz CT molecular complexity index is 271. The first kappa shape index (κ1) is 12.3. The van der Waals surface area contributed by atoms with E-state index in [9.17, 15) is 18.0 Å². The summed E-state index contributed by atoms with van der Waals surface area (Å²) < 4.78 is 41.2. The lowest BCUT2D eigenvalue weighted by Crippen LogP contribution is -2.71. The summed E-state index contributed by atoms with van der Waals surface area (Å²) in [4.78, 5) is 11.1. The van der Waals surface area contributed by atoms with E-state index in [1.807, 2.05) is 0 Å². The van der Waals surface area contributed by atoms with E-state index < -0.39 is 36.1 Å². The van der Waals surface area contributed by atoms with E-state index in [-0.39, 0.29) is 6.61 Å². The van der Waals surface area contributed by atoms with Gasteiger partial charge in [0.25, 0.3) is 0 Å². The molecule has 1 aliphatic rings. The number of halogens is 3. The summed E-state index contributed by atoms with van der Waals surface area (Å²) in [5.74, 6) is -0.904. The molecular weight excluding hydrogens is 215 g/mol. The van der Waals surface area contributed by atoms with E-state index in [1.165, 1.54) is 6.92 Å².